The maximum absolute atomic E-state index is 12.8. The van der Waals surface area contributed by atoms with E-state index in [0.29, 0.717) is 11.3 Å². The van der Waals surface area contributed by atoms with Gasteiger partial charge in [0.25, 0.3) is 5.91 Å². The van der Waals surface area contributed by atoms with Gasteiger partial charge in [-0.05, 0) is 19.9 Å². The van der Waals surface area contributed by atoms with Crippen LogP contribution in [0.2, 0.25) is 0 Å². The van der Waals surface area contributed by atoms with E-state index in [0.717, 1.165) is 21.0 Å². The molecule has 1 aromatic carbocycles. The molecule has 1 amide bonds. The van der Waals surface area contributed by atoms with Gasteiger partial charge in [0.2, 0.25) is 0 Å². The molecular formula is C19H20N2O4S2. The highest BCUT2D eigenvalue weighted by Crippen LogP contribution is 2.33. The summed E-state index contributed by atoms with van der Waals surface area (Å²) in [6, 6.07) is 7.21. The van der Waals surface area contributed by atoms with E-state index in [2.05, 4.69) is 15.0 Å². The molecule has 8 heteroatoms. The average Bonchev–Trinajstić information content (AvgIpc) is 3.23. The number of nitrogens with one attached hydrogen (secondary N) is 1. The zero-order chi connectivity index (χ0) is 19.4. The quantitative estimate of drug-likeness (QED) is 0.470. The fourth-order valence-corrected chi connectivity index (χ4v) is 4.51. The number of furan rings is 1. The number of carbonyl (C=O) groups is 2. The van der Waals surface area contributed by atoms with Gasteiger partial charge in [-0.15, -0.1) is 11.3 Å². The lowest BCUT2D eigenvalue weighted by molar-refractivity contribution is -0.141. The number of hydrogen-bond acceptors (Lipinski definition) is 7. The molecule has 0 aliphatic heterocycles. The van der Waals surface area contributed by atoms with Crippen molar-refractivity contribution in [2.75, 3.05) is 7.11 Å². The summed E-state index contributed by atoms with van der Waals surface area (Å²) in [5.74, 6) is 0.127. The Kier molecular flexibility index (Phi) is 6.18. The van der Waals surface area contributed by atoms with Gasteiger partial charge >= 0.3 is 5.97 Å². The molecule has 1 N–H and O–H groups in total. The molecule has 1 unspecified atom stereocenters. The van der Waals surface area contributed by atoms with Crippen LogP contribution < -0.4 is 5.32 Å². The second-order valence-electron chi connectivity index (χ2n) is 6.10. The molecule has 2 heterocycles. The van der Waals surface area contributed by atoms with Crippen LogP contribution in [0.15, 0.2) is 38.4 Å². The second-order valence-corrected chi connectivity index (χ2v) is 8.18. The monoisotopic (exact) mass is 404 g/mol. The Labute approximate surface area is 165 Å². The molecule has 0 saturated heterocycles. The van der Waals surface area contributed by atoms with Crippen LogP contribution >= 0.6 is 23.1 Å². The number of thiazole rings is 1. The van der Waals surface area contributed by atoms with E-state index in [9.17, 15) is 9.59 Å². The molecule has 0 bridgehead atoms. The van der Waals surface area contributed by atoms with E-state index in [1.807, 2.05) is 36.6 Å². The minimum Gasteiger partial charge on any atom is -0.469 e. The van der Waals surface area contributed by atoms with Gasteiger partial charge in [-0.3, -0.25) is 9.59 Å². The van der Waals surface area contributed by atoms with Gasteiger partial charge in [-0.25, -0.2) is 4.98 Å². The predicted octanol–water partition coefficient (Wildman–Crippen LogP) is 4.17. The summed E-state index contributed by atoms with van der Waals surface area (Å²) in [4.78, 5) is 28.6. The van der Waals surface area contributed by atoms with Crippen LogP contribution in [0.4, 0.5) is 0 Å². The number of thioether (sulfide) groups is 1. The van der Waals surface area contributed by atoms with E-state index in [-0.39, 0.29) is 30.1 Å². The van der Waals surface area contributed by atoms with Gasteiger partial charge in [-0.1, -0.05) is 30.0 Å². The largest absolute Gasteiger partial charge is 0.469 e. The minimum absolute atomic E-state index is 0.102. The van der Waals surface area contributed by atoms with Crippen molar-refractivity contribution in [3.63, 3.8) is 0 Å². The van der Waals surface area contributed by atoms with Crippen LogP contribution in [0.5, 0.6) is 0 Å². The standard InChI is InChI=1S/C19H20N2O4S2/c1-11(8-16(22)24-3)20-18(23)17-14(10-27-19-21-12(2)9-26-19)13-6-4-5-7-15(13)25-17/h4-7,9,11H,8,10H2,1-3H3,(H,20,23). The first-order valence-corrected chi connectivity index (χ1v) is 10.3. The zero-order valence-electron chi connectivity index (χ0n) is 15.3. The predicted molar refractivity (Wildman–Crippen MR) is 106 cm³/mol. The molecule has 3 rings (SSSR count). The fourth-order valence-electron chi connectivity index (χ4n) is 2.63. The summed E-state index contributed by atoms with van der Waals surface area (Å²) in [6.07, 6.45) is 0.102. The van der Waals surface area contributed by atoms with Gasteiger partial charge in [0.05, 0.1) is 13.5 Å². The first-order valence-electron chi connectivity index (χ1n) is 8.41. The van der Waals surface area contributed by atoms with Crippen molar-refractivity contribution in [2.24, 2.45) is 0 Å². The number of hydrogen-bond donors (Lipinski definition) is 1. The normalized spacial score (nSPS) is 12.1. The van der Waals surface area contributed by atoms with Crippen LogP contribution in [0.1, 0.15) is 35.2 Å². The summed E-state index contributed by atoms with van der Waals surface area (Å²) in [7, 11) is 1.33. The lowest BCUT2D eigenvalue weighted by atomic mass is 10.1. The fraction of sp³-hybridized carbons (Fsp3) is 0.316. The zero-order valence-corrected chi connectivity index (χ0v) is 16.9. The van der Waals surface area contributed by atoms with Crippen LogP contribution in [0.25, 0.3) is 11.0 Å². The summed E-state index contributed by atoms with van der Waals surface area (Å²) >= 11 is 3.15. The number of ether oxygens (including phenoxy) is 1. The van der Waals surface area contributed by atoms with E-state index in [4.69, 9.17) is 4.42 Å². The lowest BCUT2D eigenvalue weighted by Crippen LogP contribution is -2.34. The number of para-hydroxylation sites is 1. The molecule has 2 aromatic heterocycles. The van der Waals surface area contributed by atoms with Gasteiger partial charge in [0.1, 0.15) is 9.92 Å². The number of rotatable bonds is 7. The number of carbonyl (C=O) groups excluding carboxylic acids is 2. The number of fused-ring (bicyclic) bond motifs is 1. The number of aromatic nitrogens is 1. The number of aryl methyl sites for hydroxylation is 1. The van der Waals surface area contributed by atoms with Gasteiger partial charge in [-0.2, -0.15) is 0 Å². The molecule has 3 aromatic rings. The third kappa shape index (κ3) is 4.70. The average molecular weight is 405 g/mol. The van der Waals surface area contributed by atoms with Crippen molar-refractivity contribution >= 4 is 45.9 Å². The Morgan fingerprint density at radius 2 is 2.15 bits per heavy atom. The van der Waals surface area contributed by atoms with Crippen molar-refractivity contribution in [1.82, 2.24) is 10.3 Å². The Morgan fingerprint density at radius 1 is 1.37 bits per heavy atom. The first kappa shape index (κ1) is 19.4. The maximum Gasteiger partial charge on any atom is 0.307 e. The number of esters is 1. The van der Waals surface area contributed by atoms with Crippen molar-refractivity contribution in [2.45, 2.75) is 36.4 Å². The highest BCUT2D eigenvalue weighted by atomic mass is 32.2. The molecule has 1 atom stereocenters. The summed E-state index contributed by atoms with van der Waals surface area (Å²) in [5, 5.41) is 5.71. The summed E-state index contributed by atoms with van der Waals surface area (Å²) in [6.45, 7) is 3.71. The van der Waals surface area contributed by atoms with Crippen LogP contribution in [-0.4, -0.2) is 30.0 Å². The summed E-state index contributed by atoms with van der Waals surface area (Å²) in [5.41, 5.74) is 2.47. The molecule has 142 valence electrons. The molecule has 0 spiro atoms. The van der Waals surface area contributed by atoms with Crippen molar-refractivity contribution < 1.29 is 18.7 Å². The van der Waals surface area contributed by atoms with Crippen molar-refractivity contribution in [1.29, 1.82) is 0 Å². The van der Waals surface area contributed by atoms with Crippen LogP contribution in [-0.2, 0) is 15.3 Å². The molecule has 6 nitrogen and oxygen atoms in total. The Hall–Kier alpha value is -2.32. The third-order valence-corrected chi connectivity index (χ3v) is 6.09. The maximum atomic E-state index is 12.8. The number of nitrogens with zero attached hydrogens (tertiary/aromatic N) is 1. The lowest BCUT2D eigenvalue weighted by Gasteiger charge is -2.12. The number of amides is 1. The molecule has 0 aliphatic rings. The minimum atomic E-state index is -0.373. The van der Waals surface area contributed by atoms with Crippen molar-refractivity contribution in [3.8, 4) is 0 Å². The molecule has 27 heavy (non-hydrogen) atoms. The van der Waals surface area contributed by atoms with Crippen LogP contribution in [0, 0.1) is 6.92 Å². The second kappa shape index (κ2) is 8.58. The van der Waals surface area contributed by atoms with Gasteiger partial charge < -0.3 is 14.5 Å². The van der Waals surface area contributed by atoms with E-state index < -0.39 is 0 Å². The van der Waals surface area contributed by atoms with Gasteiger partial charge in [0.15, 0.2) is 5.76 Å². The molecule has 0 aliphatic carbocycles. The number of methoxy groups -OCH3 is 1. The smallest absolute Gasteiger partial charge is 0.307 e. The van der Waals surface area contributed by atoms with Crippen molar-refractivity contribution in [3.05, 3.63) is 46.7 Å². The third-order valence-electron chi connectivity index (χ3n) is 3.92. The Bertz CT molecular complexity index is 964. The topological polar surface area (TPSA) is 81.4 Å². The highest BCUT2D eigenvalue weighted by Gasteiger charge is 2.23. The molecule has 0 radical (unpaired) electrons. The highest BCUT2D eigenvalue weighted by molar-refractivity contribution is 8.00. The first-order chi connectivity index (χ1) is 13.0. The molecule has 0 saturated carbocycles. The summed E-state index contributed by atoms with van der Waals surface area (Å²) < 4.78 is 11.4. The Balaban J connectivity index is 1.83. The van der Waals surface area contributed by atoms with Crippen LogP contribution in [0.3, 0.4) is 0 Å². The van der Waals surface area contributed by atoms with Gasteiger partial charge in [0, 0.05) is 33.8 Å². The van der Waals surface area contributed by atoms with E-state index in [1.54, 1.807) is 30.0 Å². The van der Waals surface area contributed by atoms with E-state index in [1.165, 1.54) is 7.11 Å². The Morgan fingerprint density at radius 3 is 2.85 bits per heavy atom. The molecule has 0 fully saturated rings. The van der Waals surface area contributed by atoms with E-state index >= 15 is 0 Å². The molecular weight excluding hydrogens is 384 g/mol. The number of benzene rings is 1. The SMILES string of the molecule is COC(=O)CC(C)NC(=O)c1oc2ccccc2c1CSc1nc(C)cs1.